The van der Waals surface area contributed by atoms with E-state index >= 15 is 0 Å². The molecule has 2 N–H and O–H groups in total. The van der Waals surface area contributed by atoms with Gasteiger partial charge in [0.25, 0.3) is 5.91 Å². The Morgan fingerprint density at radius 2 is 2.26 bits per heavy atom. The maximum absolute atomic E-state index is 11.9. The zero-order valence-corrected chi connectivity index (χ0v) is 11.6. The van der Waals surface area contributed by atoms with Crippen molar-refractivity contribution in [3.8, 4) is 0 Å². The Morgan fingerprint density at radius 3 is 2.84 bits per heavy atom. The first-order valence-electron chi connectivity index (χ1n) is 6.26. The molecule has 1 heterocycles. The molecule has 0 spiro atoms. The highest BCUT2D eigenvalue weighted by molar-refractivity contribution is 7.11. The minimum Gasteiger partial charge on any atom is -0.478 e. The maximum Gasteiger partial charge on any atom is 0.328 e. The van der Waals surface area contributed by atoms with Crippen LogP contribution in [0.25, 0.3) is 6.08 Å². The van der Waals surface area contributed by atoms with Gasteiger partial charge in [-0.25, -0.2) is 4.79 Å². The van der Waals surface area contributed by atoms with Crippen molar-refractivity contribution in [1.82, 2.24) is 5.32 Å². The monoisotopic (exact) mass is 279 g/mol. The van der Waals surface area contributed by atoms with Crippen LogP contribution in [0.4, 0.5) is 0 Å². The third kappa shape index (κ3) is 3.67. The van der Waals surface area contributed by atoms with Gasteiger partial charge in [0.2, 0.25) is 0 Å². The van der Waals surface area contributed by atoms with Gasteiger partial charge < -0.3 is 10.4 Å². The average molecular weight is 279 g/mol. The molecule has 0 aromatic carbocycles. The van der Waals surface area contributed by atoms with Crippen molar-refractivity contribution in [3.05, 3.63) is 28.0 Å². The van der Waals surface area contributed by atoms with Gasteiger partial charge in [0, 0.05) is 22.9 Å². The van der Waals surface area contributed by atoms with Crippen LogP contribution in [0.5, 0.6) is 0 Å². The third-order valence-electron chi connectivity index (χ3n) is 3.51. The highest BCUT2D eigenvalue weighted by atomic mass is 32.1. The topological polar surface area (TPSA) is 66.4 Å². The Kier molecular flexibility index (Phi) is 4.04. The van der Waals surface area contributed by atoms with Crippen molar-refractivity contribution >= 4 is 29.3 Å². The highest BCUT2D eigenvalue weighted by Crippen LogP contribution is 2.39. The van der Waals surface area contributed by atoms with Crippen molar-refractivity contribution in [1.29, 1.82) is 0 Å². The number of hydrogen-bond donors (Lipinski definition) is 2. The zero-order valence-electron chi connectivity index (χ0n) is 10.8. The summed E-state index contributed by atoms with van der Waals surface area (Å²) in [6.07, 6.45) is 6.15. The molecular formula is C14H17NO3S. The summed E-state index contributed by atoms with van der Waals surface area (Å²) in [6, 6.07) is 1.71. The van der Waals surface area contributed by atoms with Gasteiger partial charge in [-0.2, -0.15) is 0 Å². The van der Waals surface area contributed by atoms with E-state index in [4.69, 9.17) is 5.11 Å². The van der Waals surface area contributed by atoms with Gasteiger partial charge in [-0.1, -0.05) is 13.3 Å². The van der Waals surface area contributed by atoms with E-state index < -0.39 is 5.97 Å². The zero-order chi connectivity index (χ0) is 13.9. The Labute approximate surface area is 116 Å². The number of amides is 1. The van der Waals surface area contributed by atoms with Gasteiger partial charge in [0.05, 0.1) is 5.56 Å². The molecule has 1 saturated carbocycles. The molecule has 1 aliphatic carbocycles. The van der Waals surface area contributed by atoms with Gasteiger partial charge in [-0.3, -0.25) is 4.79 Å². The number of carboxylic acids is 1. The van der Waals surface area contributed by atoms with Crippen LogP contribution in [0.2, 0.25) is 0 Å². The van der Waals surface area contributed by atoms with Gasteiger partial charge in [-0.15, -0.1) is 11.3 Å². The van der Waals surface area contributed by atoms with Crippen molar-refractivity contribution in [2.24, 2.45) is 5.41 Å². The summed E-state index contributed by atoms with van der Waals surface area (Å²) in [6.45, 7) is 2.90. The van der Waals surface area contributed by atoms with Gasteiger partial charge >= 0.3 is 5.97 Å². The van der Waals surface area contributed by atoms with Crippen molar-refractivity contribution in [2.45, 2.75) is 26.2 Å². The molecule has 0 atom stereocenters. The van der Waals surface area contributed by atoms with Crippen LogP contribution in [0.3, 0.4) is 0 Å². The molecule has 1 aliphatic rings. The molecule has 0 bridgehead atoms. The maximum atomic E-state index is 11.9. The Bertz CT molecular complexity index is 515. The summed E-state index contributed by atoms with van der Waals surface area (Å²) in [5.41, 5.74) is 0.857. The fraction of sp³-hybridized carbons (Fsp3) is 0.429. The van der Waals surface area contributed by atoms with Crippen LogP contribution in [0.1, 0.15) is 41.4 Å². The fourth-order valence-corrected chi connectivity index (χ4v) is 2.85. The first-order valence-corrected chi connectivity index (χ1v) is 7.14. The summed E-state index contributed by atoms with van der Waals surface area (Å²) < 4.78 is 0. The quantitative estimate of drug-likeness (QED) is 0.814. The van der Waals surface area contributed by atoms with E-state index in [-0.39, 0.29) is 11.3 Å². The molecule has 1 aromatic heterocycles. The van der Waals surface area contributed by atoms with Crippen LogP contribution in [-0.4, -0.2) is 23.5 Å². The van der Waals surface area contributed by atoms with E-state index in [1.807, 2.05) is 0 Å². The summed E-state index contributed by atoms with van der Waals surface area (Å²) in [5.74, 6) is -1.07. The lowest BCUT2D eigenvalue weighted by Crippen LogP contribution is -2.39. The van der Waals surface area contributed by atoms with Crippen molar-refractivity contribution in [2.75, 3.05) is 6.54 Å². The lowest BCUT2D eigenvalue weighted by atomic mass is 9.70. The number of thiophene rings is 1. The summed E-state index contributed by atoms with van der Waals surface area (Å²) >= 11 is 1.36. The van der Waals surface area contributed by atoms with Gasteiger partial charge in [0.15, 0.2) is 0 Å². The van der Waals surface area contributed by atoms with Crippen LogP contribution in [-0.2, 0) is 4.79 Å². The summed E-state index contributed by atoms with van der Waals surface area (Å²) in [5, 5.41) is 13.2. The average Bonchev–Trinajstić information content (AvgIpc) is 2.80. The van der Waals surface area contributed by atoms with E-state index in [0.717, 1.165) is 11.0 Å². The normalized spacial score (nSPS) is 17.1. The fourth-order valence-electron chi connectivity index (χ4n) is 2.07. The third-order valence-corrected chi connectivity index (χ3v) is 4.41. The van der Waals surface area contributed by atoms with E-state index in [0.29, 0.717) is 12.1 Å². The second kappa shape index (κ2) is 5.57. The second-order valence-electron chi connectivity index (χ2n) is 5.26. The number of rotatable bonds is 5. The molecule has 0 unspecified atom stereocenters. The number of carboxylic acid groups (broad SMARTS) is 1. The van der Waals surface area contributed by atoms with E-state index in [1.165, 1.54) is 36.7 Å². The van der Waals surface area contributed by atoms with Crippen molar-refractivity contribution in [3.63, 3.8) is 0 Å². The molecule has 2 rings (SSSR count). The standard InChI is InChI=1S/C14H17NO3S/c1-14(5-2-6-14)9-15-13(18)10-7-11(19-8-10)3-4-12(16)17/h3-4,7-8H,2,5-6,9H2,1H3,(H,15,18)(H,16,17)/b4-3+. The minimum absolute atomic E-state index is 0.0839. The molecule has 5 heteroatoms. The number of carbonyl (C=O) groups excluding carboxylic acids is 1. The number of nitrogens with one attached hydrogen (secondary N) is 1. The van der Waals surface area contributed by atoms with Gasteiger partial charge in [-0.05, 0) is 30.4 Å². The van der Waals surface area contributed by atoms with E-state index in [9.17, 15) is 9.59 Å². The van der Waals surface area contributed by atoms with E-state index in [1.54, 1.807) is 11.4 Å². The summed E-state index contributed by atoms with van der Waals surface area (Å²) in [7, 11) is 0. The van der Waals surface area contributed by atoms with Crippen LogP contribution >= 0.6 is 11.3 Å². The molecule has 1 amide bonds. The largest absolute Gasteiger partial charge is 0.478 e. The lowest BCUT2D eigenvalue weighted by Gasteiger charge is -2.38. The van der Waals surface area contributed by atoms with Crippen LogP contribution in [0, 0.1) is 5.41 Å². The predicted octanol–water partition coefficient (Wildman–Crippen LogP) is 2.77. The van der Waals surface area contributed by atoms with Gasteiger partial charge in [0.1, 0.15) is 0 Å². The molecule has 0 saturated heterocycles. The second-order valence-corrected chi connectivity index (χ2v) is 6.20. The molecule has 102 valence electrons. The predicted molar refractivity (Wildman–Crippen MR) is 75.3 cm³/mol. The first-order chi connectivity index (χ1) is 8.98. The smallest absolute Gasteiger partial charge is 0.328 e. The Morgan fingerprint density at radius 1 is 1.53 bits per heavy atom. The molecule has 1 fully saturated rings. The number of hydrogen-bond acceptors (Lipinski definition) is 3. The van der Waals surface area contributed by atoms with Crippen molar-refractivity contribution < 1.29 is 14.7 Å². The van der Waals surface area contributed by atoms with Crippen LogP contribution < -0.4 is 5.32 Å². The van der Waals surface area contributed by atoms with Crippen LogP contribution in [0.15, 0.2) is 17.5 Å². The molecular weight excluding hydrogens is 262 g/mol. The number of aliphatic carboxylic acids is 1. The lowest BCUT2D eigenvalue weighted by molar-refractivity contribution is -0.131. The Hall–Kier alpha value is -1.62. The number of carbonyl (C=O) groups is 2. The summed E-state index contributed by atoms with van der Waals surface area (Å²) in [4.78, 5) is 23.1. The molecule has 0 aliphatic heterocycles. The Balaban J connectivity index is 1.90. The molecule has 4 nitrogen and oxygen atoms in total. The van der Waals surface area contributed by atoms with E-state index in [2.05, 4.69) is 12.2 Å². The first kappa shape index (κ1) is 13.8. The highest BCUT2D eigenvalue weighted by Gasteiger charge is 2.31. The molecule has 0 radical (unpaired) electrons. The SMILES string of the molecule is CC1(CNC(=O)c2csc(/C=C/C(=O)O)c2)CCC1. The molecule has 1 aromatic rings. The minimum atomic E-state index is -0.989. The molecule has 19 heavy (non-hydrogen) atoms.